The number of anilines is 1. The second-order valence-corrected chi connectivity index (χ2v) is 6.39. The van der Waals surface area contributed by atoms with Gasteiger partial charge in [0.1, 0.15) is 0 Å². The molecule has 21 heavy (non-hydrogen) atoms. The summed E-state index contributed by atoms with van der Waals surface area (Å²) in [6.07, 6.45) is 0. The van der Waals surface area contributed by atoms with Crippen LogP contribution in [-0.4, -0.2) is 11.2 Å². The second kappa shape index (κ2) is 7.29. The number of hydrogen-bond donors (Lipinski definition) is 2. The van der Waals surface area contributed by atoms with Crippen molar-refractivity contribution in [3.05, 3.63) is 60.2 Å². The molecule has 0 aliphatic carbocycles. The zero-order valence-corrected chi connectivity index (χ0v) is 13.1. The third-order valence-electron chi connectivity index (χ3n) is 3.11. The van der Waals surface area contributed by atoms with Gasteiger partial charge in [0.2, 0.25) is 5.91 Å². The quantitative estimate of drug-likeness (QED) is 0.825. The average molecular weight is 300 g/mol. The van der Waals surface area contributed by atoms with Gasteiger partial charge in [0, 0.05) is 16.6 Å². The molecule has 0 heterocycles. The number of para-hydroxylation sites is 1. The first kappa shape index (κ1) is 15.6. The van der Waals surface area contributed by atoms with Gasteiger partial charge >= 0.3 is 0 Å². The molecular weight excluding hydrogens is 280 g/mol. The Bertz CT molecular complexity index is 599. The number of carbonyl (C=O) groups is 1. The Morgan fingerprint density at radius 3 is 2.48 bits per heavy atom. The lowest BCUT2D eigenvalue weighted by atomic mass is 10.1. The molecule has 3 nitrogen and oxygen atoms in total. The van der Waals surface area contributed by atoms with Crippen LogP contribution in [-0.2, 0) is 4.79 Å². The fourth-order valence-electron chi connectivity index (χ4n) is 1.89. The fourth-order valence-corrected chi connectivity index (χ4v) is 2.83. The molecule has 3 N–H and O–H groups in total. The molecule has 2 atom stereocenters. The highest BCUT2D eigenvalue weighted by Crippen LogP contribution is 2.26. The van der Waals surface area contributed by atoms with Crippen LogP contribution in [0.15, 0.2) is 59.5 Å². The van der Waals surface area contributed by atoms with Gasteiger partial charge < -0.3 is 11.1 Å². The predicted octanol–water partition coefficient (Wildman–Crippen LogP) is 3.83. The van der Waals surface area contributed by atoms with Crippen LogP contribution in [0.25, 0.3) is 0 Å². The van der Waals surface area contributed by atoms with Gasteiger partial charge in [-0.1, -0.05) is 30.3 Å². The first-order chi connectivity index (χ1) is 10.1. The van der Waals surface area contributed by atoms with Gasteiger partial charge in [-0.2, -0.15) is 0 Å². The van der Waals surface area contributed by atoms with Crippen molar-refractivity contribution in [2.24, 2.45) is 5.73 Å². The number of thioether (sulfide) groups is 1. The van der Waals surface area contributed by atoms with Crippen LogP contribution in [0.5, 0.6) is 0 Å². The third kappa shape index (κ3) is 4.62. The van der Waals surface area contributed by atoms with E-state index >= 15 is 0 Å². The van der Waals surface area contributed by atoms with Crippen molar-refractivity contribution in [2.75, 3.05) is 5.32 Å². The Labute approximate surface area is 129 Å². The van der Waals surface area contributed by atoms with E-state index < -0.39 is 0 Å². The van der Waals surface area contributed by atoms with Gasteiger partial charge in [0.05, 0.1) is 5.25 Å². The summed E-state index contributed by atoms with van der Waals surface area (Å²) in [5.74, 6) is -0.00241. The molecule has 0 radical (unpaired) electrons. The number of amides is 1. The first-order valence-electron chi connectivity index (χ1n) is 6.94. The third-order valence-corrected chi connectivity index (χ3v) is 4.20. The van der Waals surface area contributed by atoms with Crippen molar-refractivity contribution in [1.82, 2.24) is 0 Å². The number of nitrogens with one attached hydrogen (secondary N) is 1. The van der Waals surface area contributed by atoms with Gasteiger partial charge in [-0.25, -0.2) is 0 Å². The highest BCUT2D eigenvalue weighted by Gasteiger charge is 2.15. The van der Waals surface area contributed by atoms with Gasteiger partial charge in [-0.3, -0.25) is 4.79 Å². The highest BCUT2D eigenvalue weighted by molar-refractivity contribution is 8.00. The van der Waals surface area contributed by atoms with E-state index in [9.17, 15) is 4.79 Å². The first-order valence-corrected chi connectivity index (χ1v) is 7.82. The Balaban J connectivity index is 1.99. The van der Waals surface area contributed by atoms with E-state index in [2.05, 4.69) is 5.32 Å². The van der Waals surface area contributed by atoms with Gasteiger partial charge in [-0.15, -0.1) is 11.8 Å². The van der Waals surface area contributed by atoms with Crippen LogP contribution in [0.3, 0.4) is 0 Å². The monoisotopic (exact) mass is 300 g/mol. The van der Waals surface area contributed by atoms with Crippen molar-refractivity contribution in [2.45, 2.75) is 30.0 Å². The Morgan fingerprint density at radius 1 is 1.10 bits per heavy atom. The molecule has 0 aromatic heterocycles. The Hall–Kier alpha value is -1.78. The minimum Gasteiger partial charge on any atom is -0.325 e. The molecule has 0 saturated carbocycles. The lowest BCUT2D eigenvalue weighted by molar-refractivity contribution is -0.115. The molecule has 0 saturated heterocycles. The van der Waals surface area contributed by atoms with E-state index in [1.807, 2.05) is 68.4 Å². The lowest BCUT2D eigenvalue weighted by Crippen LogP contribution is -2.22. The Kier molecular flexibility index (Phi) is 5.42. The van der Waals surface area contributed by atoms with Crippen LogP contribution in [0, 0.1) is 0 Å². The summed E-state index contributed by atoms with van der Waals surface area (Å²) < 4.78 is 0. The molecule has 110 valence electrons. The zero-order chi connectivity index (χ0) is 15.2. The predicted molar refractivity (Wildman–Crippen MR) is 89.4 cm³/mol. The smallest absolute Gasteiger partial charge is 0.237 e. The van der Waals surface area contributed by atoms with E-state index in [-0.39, 0.29) is 17.2 Å². The molecular formula is C17H20N2OS. The topological polar surface area (TPSA) is 55.1 Å². The van der Waals surface area contributed by atoms with E-state index in [1.54, 1.807) is 0 Å². The summed E-state index contributed by atoms with van der Waals surface area (Å²) in [5.41, 5.74) is 7.78. The molecule has 2 aromatic carbocycles. The maximum atomic E-state index is 12.2. The van der Waals surface area contributed by atoms with Crippen LogP contribution < -0.4 is 11.1 Å². The van der Waals surface area contributed by atoms with E-state index in [0.717, 1.165) is 16.1 Å². The fraction of sp³-hybridized carbons (Fsp3) is 0.235. The zero-order valence-electron chi connectivity index (χ0n) is 12.2. The lowest BCUT2D eigenvalue weighted by Gasteiger charge is -2.13. The number of hydrogen-bond acceptors (Lipinski definition) is 3. The minimum absolute atomic E-state index is 0.000925. The molecule has 0 bridgehead atoms. The molecule has 4 heteroatoms. The average Bonchev–Trinajstić information content (AvgIpc) is 2.48. The molecule has 0 spiro atoms. The highest BCUT2D eigenvalue weighted by atomic mass is 32.2. The molecule has 2 aromatic rings. The van der Waals surface area contributed by atoms with Crippen molar-refractivity contribution in [1.29, 1.82) is 0 Å². The van der Waals surface area contributed by atoms with E-state index in [1.165, 1.54) is 11.8 Å². The summed E-state index contributed by atoms with van der Waals surface area (Å²) in [5, 5.41) is 2.74. The summed E-state index contributed by atoms with van der Waals surface area (Å²) in [7, 11) is 0. The molecule has 2 unspecified atom stereocenters. The van der Waals surface area contributed by atoms with Crippen LogP contribution in [0.4, 0.5) is 5.69 Å². The van der Waals surface area contributed by atoms with Gasteiger partial charge in [-0.05, 0) is 43.7 Å². The number of nitrogens with two attached hydrogens (primary N) is 1. The normalized spacial score (nSPS) is 13.5. The largest absolute Gasteiger partial charge is 0.325 e. The maximum Gasteiger partial charge on any atom is 0.237 e. The molecule has 0 aliphatic rings. The molecule has 1 amide bonds. The van der Waals surface area contributed by atoms with E-state index in [4.69, 9.17) is 5.73 Å². The summed E-state index contributed by atoms with van der Waals surface area (Å²) in [4.78, 5) is 13.2. The number of rotatable bonds is 5. The van der Waals surface area contributed by atoms with Crippen LogP contribution in [0.2, 0.25) is 0 Å². The standard InChI is InChI=1S/C17H20N2OS/c1-12(18)14-7-6-10-16(11-14)21-13(2)17(20)19-15-8-4-3-5-9-15/h3-13H,18H2,1-2H3,(H,19,20). The number of carbonyl (C=O) groups excluding carboxylic acids is 1. The van der Waals surface area contributed by atoms with Crippen LogP contribution >= 0.6 is 11.8 Å². The summed E-state index contributed by atoms with van der Waals surface area (Å²) in [6, 6.07) is 17.5. The van der Waals surface area contributed by atoms with E-state index in [0.29, 0.717) is 0 Å². The minimum atomic E-state index is -0.173. The number of benzene rings is 2. The maximum absolute atomic E-state index is 12.2. The van der Waals surface area contributed by atoms with Crippen molar-refractivity contribution in [3.8, 4) is 0 Å². The molecule has 2 rings (SSSR count). The van der Waals surface area contributed by atoms with Gasteiger partial charge in [0.25, 0.3) is 0 Å². The molecule has 0 aliphatic heterocycles. The summed E-state index contributed by atoms with van der Waals surface area (Å²) >= 11 is 1.53. The van der Waals surface area contributed by atoms with Crippen molar-refractivity contribution >= 4 is 23.4 Å². The summed E-state index contributed by atoms with van der Waals surface area (Å²) in [6.45, 7) is 3.86. The van der Waals surface area contributed by atoms with Gasteiger partial charge in [0.15, 0.2) is 0 Å². The van der Waals surface area contributed by atoms with Crippen LogP contribution in [0.1, 0.15) is 25.5 Å². The van der Waals surface area contributed by atoms with Crippen molar-refractivity contribution in [3.63, 3.8) is 0 Å². The van der Waals surface area contributed by atoms with Crippen molar-refractivity contribution < 1.29 is 4.79 Å². The SMILES string of the molecule is CC(Sc1cccc(C(C)N)c1)C(=O)Nc1ccccc1. The second-order valence-electron chi connectivity index (χ2n) is 4.98. The molecule has 0 fully saturated rings. The Morgan fingerprint density at radius 2 is 1.81 bits per heavy atom.